The monoisotopic (exact) mass is 240 g/mol. The van der Waals surface area contributed by atoms with Gasteiger partial charge in [0.15, 0.2) is 9.84 Å². The molecule has 88 valence electrons. The zero-order valence-corrected chi connectivity index (χ0v) is 10.1. The van der Waals surface area contributed by atoms with E-state index < -0.39 is 9.84 Å². The van der Waals surface area contributed by atoms with E-state index in [2.05, 4.69) is 0 Å². The van der Waals surface area contributed by atoms with Gasteiger partial charge in [0.1, 0.15) is 0 Å². The van der Waals surface area contributed by atoms with Crippen molar-refractivity contribution in [1.82, 2.24) is 0 Å². The number of sulfone groups is 1. The molecule has 0 amide bonds. The molecule has 0 spiro atoms. The van der Waals surface area contributed by atoms with Crippen LogP contribution in [0.15, 0.2) is 29.2 Å². The molecule has 0 radical (unpaired) electrons. The van der Waals surface area contributed by atoms with Crippen LogP contribution >= 0.6 is 0 Å². The molecule has 2 rings (SSSR count). The number of hydrogen-bond acceptors (Lipinski definition) is 3. The normalized spacial score (nSPS) is 18.4. The van der Waals surface area contributed by atoms with Crippen molar-refractivity contribution in [2.24, 2.45) is 5.41 Å². The Labute approximate surface area is 96.0 Å². The molecule has 1 saturated carbocycles. The van der Waals surface area contributed by atoms with Crippen molar-refractivity contribution in [2.45, 2.75) is 24.2 Å². The Balaban J connectivity index is 2.34. The summed E-state index contributed by atoms with van der Waals surface area (Å²) in [5.74, 6) is 0. The molecular weight excluding hydrogens is 224 g/mol. The number of benzene rings is 1. The Morgan fingerprint density at radius 3 is 2.44 bits per heavy atom. The number of aliphatic hydroxyl groups is 1. The van der Waals surface area contributed by atoms with Gasteiger partial charge in [-0.25, -0.2) is 8.42 Å². The summed E-state index contributed by atoms with van der Waals surface area (Å²) in [4.78, 5) is 0.398. The molecule has 1 fully saturated rings. The zero-order chi connectivity index (χ0) is 11.8. The fourth-order valence-corrected chi connectivity index (χ4v) is 2.93. The Morgan fingerprint density at radius 1 is 1.31 bits per heavy atom. The van der Waals surface area contributed by atoms with Gasteiger partial charge in [-0.1, -0.05) is 18.2 Å². The molecule has 1 N–H and O–H groups in total. The average Bonchev–Trinajstić information content (AvgIpc) is 2.98. The summed E-state index contributed by atoms with van der Waals surface area (Å²) in [6.45, 7) is 0.144. The summed E-state index contributed by atoms with van der Waals surface area (Å²) >= 11 is 0. The molecule has 1 aliphatic rings. The molecule has 0 heterocycles. The SMILES string of the molecule is CS(=O)(=O)c1ccccc1CC1(CO)CC1. The van der Waals surface area contributed by atoms with Crippen molar-refractivity contribution in [3.63, 3.8) is 0 Å². The first-order valence-electron chi connectivity index (χ1n) is 5.36. The predicted octanol–water partition coefficient (Wildman–Crippen LogP) is 1.41. The quantitative estimate of drug-likeness (QED) is 0.865. The maximum absolute atomic E-state index is 11.6. The van der Waals surface area contributed by atoms with Gasteiger partial charge in [-0.05, 0) is 36.3 Å². The molecule has 0 aromatic heterocycles. The Morgan fingerprint density at radius 2 is 1.94 bits per heavy atom. The minimum atomic E-state index is -3.17. The maximum Gasteiger partial charge on any atom is 0.175 e. The smallest absolute Gasteiger partial charge is 0.175 e. The second-order valence-corrected chi connectivity index (χ2v) is 6.70. The summed E-state index contributed by atoms with van der Waals surface area (Å²) < 4.78 is 23.2. The van der Waals surface area contributed by atoms with Crippen molar-refractivity contribution in [3.8, 4) is 0 Å². The van der Waals surface area contributed by atoms with E-state index in [0.29, 0.717) is 11.3 Å². The highest BCUT2D eigenvalue weighted by Gasteiger charge is 2.42. The lowest BCUT2D eigenvalue weighted by atomic mass is 9.97. The van der Waals surface area contributed by atoms with Gasteiger partial charge >= 0.3 is 0 Å². The van der Waals surface area contributed by atoms with Crippen molar-refractivity contribution in [2.75, 3.05) is 12.9 Å². The van der Waals surface area contributed by atoms with Gasteiger partial charge in [0, 0.05) is 12.9 Å². The van der Waals surface area contributed by atoms with Crippen LogP contribution in [0.1, 0.15) is 18.4 Å². The summed E-state index contributed by atoms with van der Waals surface area (Å²) in [6, 6.07) is 7.06. The Kier molecular flexibility index (Phi) is 2.80. The third-order valence-corrected chi connectivity index (χ3v) is 4.43. The van der Waals surface area contributed by atoms with Crippen LogP contribution in [0.5, 0.6) is 0 Å². The fourth-order valence-electron chi connectivity index (χ4n) is 1.98. The van der Waals surface area contributed by atoms with E-state index in [4.69, 9.17) is 0 Å². The largest absolute Gasteiger partial charge is 0.396 e. The lowest BCUT2D eigenvalue weighted by molar-refractivity contribution is 0.210. The highest BCUT2D eigenvalue weighted by Crippen LogP contribution is 2.48. The first-order chi connectivity index (χ1) is 7.47. The first kappa shape index (κ1) is 11.6. The van der Waals surface area contributed by atoms with Crippen molar-refractivity contribution in [3.05, 3.63) is 29.8 Å². The minimum absolute atomic E-state index is 0.0548. The highest BCUT2D eigenvalue weighted by atomic mass is 32.2. The number of rotatable bonds is 4. The predicted molar refractivity (Wildman–Crippen MR) is 62.0 cm³/mol. The van der Waals surface area contributed by atoms with E-state index in [1.54, 1.807) is 12.1 Å². The molecule has 0 atom stereocenters. The molecule has 0 unspecified atom stereocenters. The lowest BCUT2D eigenvalue weighted by Crippen LogP contribution is -2.13. The summed E-state index contributed by atoms with van der Waals surface area (Å²) in [5.41, 5.74) is 0.775. The summed E-state index contributed by atoms with van der Waals surface area (Å²) in [6.07, 6.45) is 3.86. The molecule has 0 saturated heterocycles. The average molecular weight is 240 g/mol. The number of aliphatic hydroxyl groups excluding tert-OH is 1. The molecule has 1 aromatic rings. The Bertz CT molecular complexity index is 487. The van der Waals surface area contributed by atoms with Crippen LogP contribution in [0, 0.1) is 5.41 Å². The third-order valence-electron chi connectivity index (χ3n) is 3.23. The molecule has 1 aliphatic carbocycles. The first-order valence-corrected chi connectivity index (χ1v) is 7.25. The van der Waals surface area contributed by atoms with E-state index in [-0.39, 0.29) is 12.0 Å². The van der Waals surface area contributed by atoms with Crippen molar-refractivity contribution < 1.29 is 13.5 Å². The van der Waals surface area contributed by atoms with Crippen LogP contribution in [0.25, 0.3) is 0 Å². The van der Waals surface area contributed by atoms with Crippen LogP contribution < -0.4 is 0 Å². The molecule has 16 heavy (non-hydrogen) atoms. The van der Waals surface area contributed by atoms with E-state index in [1.165, 1.54) is 6.26 Å². The van der Waals surface area contributed by atoms with Crippen molar-refractivity contribution >= 4 is 9.84 Å². The van der Waals surface area contributed by atoms with Crippen LogP contribution in [-0.4, -0.2) is 26.4 Å². The van der Waals surface area contributed by atoms with E-state index in [1.807, 2.05) is 12.1 Å². The van der Waals surface area contributed by atoms with Gasteiger partial charge < -0.3 is 5.11 Å². The third kappa shape index (κ3) is 2.28. The van der Waals surface area contributed by atoms with Gasteiger partial charge in [-0.2, -0.15) is 0 Å². The van der Waals surface area contributed by atoms with Crippen LogP contribution in [-0.2, 0) is 16.3 Å². The second kappa shape index (κ2) is 3.86. The molecule has 3 nitrogen and oxygen atoms in total. The van der Waals surface area contributed by atoms with Gasteiger partial charge in [0.05, 0.1) is 4.90 Å². The maximum atomic E-state index is 11.6. The van der Waals surface area contributed by atoms with E-state index >= 15 is 0 Å². The van der Waals surface area contributed by atoms with Gasteiger partial charge in [0.25, 0.3) is 0 Å². The molecular formula is C12H16O3S. The second-order valence-electron chi connectivity index (χ2n) is 4.71. The molecule has 0 aliphatic heterocycles. The Hall–Kier alpha value is -0.870. The van der Waals surface area contributed by atoms with E-state index in [0.717, 1.165) is 18.4 Å². The van der Waals surface area contributed by atoms with Crippen LogP contribution in [0.4, 0.5) is 0 Å². The summed E-state index contributed by atoms with van der Waals surface area (Å²) in [5, 5.41) is 9.26. The topological polar surface area (TPSA) is 54.4 Å². The molecule has 1 aromatic carbocycles. The highest BCUT2D eigenvalue weighted by molar-refractivity contribution is 7.90. The lowest BCUT2D eigenvalue weighted by Gasteiger charge is -2.14. The van der Waals surface area contributed by atoms with Gasteiger partial charge in [0.2, 0.25) is 0 Å². The minimum Gasteiger partial charge on any atom is -0.396 e. The van der Waals surface area contributed by atoms with E-state index in [9.17, 15) is 13.5 Å². The molecule has 4 heteroatoms. The molecule has 0 bridgehead atoms. The standard InChI is InChI=1S/C12H16O3S/c1-16(14,15)11-5-3-2-4-10(11)8-12(9-13)6-7-12/h2-5,13H,6-9H2,1H3. The van der Waals surface area contributed by atoms with Crippen LogP contribution in [0.3, 0.4) is 0 Å². The zero-order valence-electron chi connectivity index (χ0n) is 9.31. The van der Waals surface area contributed by atoms with Crippen molar-refractivity contribution in [1.29, 1.82) is 0 Å². The van der Waals surface area contributed by atoms with Gasteiger partial charge in [-0.15, -0.1) is 0 Å². The fraction of sp³-hybridized carbons (Fsp3) is 0.500. The van der Waals surface area contributed by atoms with Gasteiger partial charge in [-0.3, -0.25) is 0 Å². The number of hydrogen-bond donors (Lipinski definition) is 1. The summed E-state index contributed by atoms with van der Waals surface area (Å²) in [7, 11) is -3.17. The van der Waals surface area contributed by atoms with Crippen LogP contribution in [0.2, 0.25) is 0 Å².